The molecular formula is C29H26FN3O2. The van der Waals surface area contributed by atoms with E-state index >= 15 is 0 Å². The molecule has 2 aromatic carbocycles. The van der Waals surface area contributed by atoms with E-state index in [0.29, 0.717) is 24.2 Å². The molecule has 0 spiro atoms. The van der Waals surface area contributed by atoms with Crippen LogP contribution in [0.5, 0.6) is 0 Å². The quantitative estimate of drug-likeness (QED) is 0.366. The van der Waals surface area contributed by atoms with Gasteiger partial charge >= 0.3 is 0 Å². The van der Waals surface area contributed by atoms with Crippen molar-refractivity contribution in [3.63, 3.8) is 0 Å². The average molecular weight is 468 g/mol. The van der Waals surface area contributed by atoms with E-state index in [9.17, 15) is 14.0 Å². The first-order valence-corrected chi connectivity index (χ1v) is 11.6. The Morgan fingerprint density at radius 2 is 1.80 bits per heavy atom. The molecule has 176 valence electrons. The Bertz CT molecular complexity index is 1410. The first kappa shape index (κ1) is 22.7. The number of nitrogens with zero attached hydrogens (tertiary/aromatic N) is 1. The van der Waals surface area contributed by atoms with Gasteiger partial charge in [0.1, 0.15) is 11.6 Å². The van der Waals surface area contributed by atoms with E-state index in [4.69, 9.17) is 0 Å². The van der Waals surface area contributed by atoms with E-state index in [-0.39, 0.29) is 17.1 Å². The van der Waals surface area contributed by atoms with Gasteiger partial charge in [-0.1, -0.05) is 44.2 Å². The summed E-state index contributed by atoms with van der Waals surface area (Å²) in [5.74, 6) is -0.242. The smallest absolute Gasteiger partial charge is 0.256 e. The molecule has 0 aliphatic heterocycles. The van der Waals surface area contributed by atoms with Gasteiger partial charge in [0, 0.05) is 41.4 Å². The van der Waals surface area contributed by atoms with Crippen LogP contribution in [0.3, 0.4) is 0 Å². The van der Waals surface area contributed by atoms with E-state index in [0.717, 1.165) is 40.1 Å². The summed E-state index contributed by atoms with van der Waals surface area (Å²) in [6, 6.07) is 19.1. The van der Waals surface area contributed by atoms with Gasteiger partial charge in [0.25, 0.3) is 5.91 Å². The molecule has 2 N–H and O–H groups in total. The second-order valence-corrected chi connectivity index (χ2v) is 9.83. The standard InChI is InChI=1S/C29H26FN3O2/c1-29(2)16-23-26(24(34)17-29)22(14-18-6-4-3-5-7-18)27(32-23)20-12-13-31-25(15-20)33-28(35)19-8-10-21(30)11-9-19/h3-13,15,32H,14,16-17H2,1-2H3,(H,31,33,35). The van der Waals surface area contributed by atoms with Crippen LogP contribution in [-0.4, -0.2) is 21.7 Å². The molecule has 0 bridgehead atoms. The maximum absolute atomic E-state index is 13.2. The lowest BCUT2D eigenvalue weighted by Gasteiger charge is -2.28. The molecule has 0 fully saturated rings. The molecule has 1 amide bonds. The number of H-pyrrole nitrogens is 1. The van der Waals surface area contributed by atoms with Crippen molar-refractivity contribution in [3.8, 4) is 11.3 Å². The van der Waals surface area contributed by atoms with Gasteiger partial charge in [-0.3, -0.25) is 9.59 Å². The van der Waals surface area contributed by atoms with Crippen LogP contribution in [0, 0.1) is 11.2 Å². The molecule has 0 unspecified atom stereocenters. The number of fused-ring (bicyclic) bond motifs is 1. The van der Waals surface area contributed by atoms with Gasteiger partial charge in [-0.15, -0.1) is 0 Å². The maximum atomic E-state index is 13.2. The molecule has 6 heteroatoms. The molecule has 0 atom stereocenters. The largest absolute Gasteiger partial charge is 0.358 e. The molecular weight excluding hydrogens is 441 g/mol. The topological polar surface area (TPSA) is 74.8 Å². The number of carbonyl (C=O) groups excluding carboxylic acids is 2. The minimum atomic E-state index is -0.402. The van der Waals surface area contributed by atoms with E-state index in [1.165, 1.54) is 24.3 Å². The zero-order valence-electron chi connectivity index (χ0n) is 19.7. The number of ketones is 1. The highest BCUT2D eigenvalue weighted by Crippen LogP contribution is 2.40. The summed E-state index contributed by atoms with van der Waals surface area (Å²) in [5.41, 5.74) is 5.76. The van der Waals surface area contributed by atoms with Crippen molar-refractivity contribution < 1.29 is 14.0 Å². The Balaban J connectivity index is 1.53. The molecule has 0 saturated carbocycles. The summed E-state index contributed by atoms with van der Waals surface area (Å²) in [4.78, 5) is 33.7. The monoisotopic (exact) mass is 467 g/mol. The predicted molar refractivity (Wildman–Crippen MR) is 134 cm³/mol. The van der Waals surface area contributed by atoms with Crippen molar-refractivity contribution in [2.24, 2.45) is 5.41 Å². The zero-order valence-corrected chi connectivity index (χ0v) is 19.7. The van der Waals surface area contributed by atoms with Crippen LogP contribution < -0.4 is 5.32 Å². The number of pyridine rings is 1. The second kappa shape index (κ2) is 8.95. The lowest BCUT2D eigenvalue weighted by atomic mass is 9.75. The fourth-order valence-corrected chi connectivity index (χ4v) is 4.80. The summed E-state index contributed by atoms with van der Waals surface area (Å²) < 4.78 is 13.2. The van der Waals surface area contributed by atoms with E-state index in [2.05, 4.69) is 41.3 Å². The summed E-state index contributed by atoms with van der Waals surface area (Å²) >= 11 is 0. The molecule has 35 heavy (non-hydrogen) atoms. The molecule has 5 nitrogen and oxygen atoms in total. The highest BCUT2D eigenvalue weighted by molar-refractivity contribution is 6.04. The molecule has 1 aliphatic carbocycles. The highest BCUT2D eigenvalue weighted by atomic mass is 19.1. The lowest BCUT2D eigenvalue weighted by Crippen LogP contribution is -2.27. The third-order valence-corrected chi connectivity index (χ3v) is 6.37. The highest BCUT2D eigenvalue weighted by Gasteiger charge is 2.35. The van der Waals surface area contributed by atoms with Crippen molar-refractivity contribution in [1.29, 1.82) is 0 Å². The van der Waals surface area contributed by atoms with Crippen LogP contribution in [0.4, 0.5) is 10.2 Å². The minimum Gasteiger partial charge on any atom is -0.358 e. The van der Waals surface area contributed by atoms with Gasteiger partial charge in [-0.25, -0.2) is 9.37 Å². The number of aromatic nitrogens is 2. The first-order chi connectivity index (χ1) is 16.8. The predicted octanol–water partition coefficient (Wildman–Crippen LogP) is 6.21. The number of amides is 1. The molecule has 4 aromatic rings. The van der Waals surface area contributed by atoms with Crippen LogP contribution in [0.1, 0.15) is 57.8 Å². The maximum Gasteiger partial charge on any atom is 0.256 e. The fourth-order valence-electron chi connectivity index (χ4n) is 4.80. The molecule has 5 rings (SSSR count). The second-order valence-electron chi connectivity index (χ2n) is 9.83. The number of hydrogen-bond donors (Lipinski definition) is 2. The molecule has 1 aliphatic rings. The number of benzene rings is 2. The minimum absolute atomic E-state index is 0.108. The summed E-state index contributed by atoms with van der Waals surface area (Å²) in [5, 5.41) is 2.79. The van der Waals surface area contributed by atoms with Crippen molar-refractivity contribution >= 4 is 17.5 Å². The van der Waals surface area contributed by atoms with Gasteiger partial charge < -0.3 is 10.3 Å². The van der Waals surface area contributed by atoms with Crippen molar-refractivity contribution in [3.05, 3.63) is 107 Å². The molecule has 2 aromatic heterocycles. The van der Waals surface area contributed by atoms with E-state index < -0.39 is 5.82 Å². The number of carbonyl (C=O) groups is 2. The molecule has 0 radical (unpaired) electrons. The Hall–Kier alpha value is -4.06. The van der Waals surface area contributed by atoms with E-state index in [1.807, 2.05) is 24.3 Å². The lowest BCUT2D eigenvalue weighted by molar-refractivity contribution is 0.0910. The van der Waals surface area contributed by atoms with Gasteiger partial charge in [0.15, 0.2) is 5.78 Å². The van der Waals surface area contributed by atoms with Crippen LogP contribution in [0.25, 0.3) is 11.3 Å². The number of nitrogens with one attached hydrogen (secondary N) is 2. The number of Topliss-reactive ketones (excluding diaryl/α,β-unsaturated/α-hetero) is 1. The third kappa shape index (κ3) is 4.78. The van der Waals surface area contributed by atoms with E-state index in [1.54, 1.807) is 12.3 Å². The number of anilines is 1. The number of aromatic amines is 1. The normalized spacial score (nSPS) is 14.4. The zero-order chi connectivity index (χ0) is 24.6. The van der Waals surface area contributed by atoms with Crippen LogP contribution in [0.2, 0.25) is 0 Å². The van der Waals surface area contributed by atoms with Crippen molar-refractivity contribution in [2.45, 2.75) is 33.1 Å². The van der Waals surface area contributed by atoms with Gasteiger partial charge in [0.05, 0.1) is 5.69 Å². The van der Waals surface area contributed by atoms with Crippen LogP contribution in [-0.2, 0) is 12.8 Å². The third-order valence-electron chi connectivity index (χ3n) is 6.37. The van der Waals surface area contributed by atoms with Crippen LogP contribution in [0.15, 0.2) is 72.9 Å². The van der Waals surface area contributed by atoms with Crippen LogP contribution >= 0.6 is 0 Å². The molecule has 2 heterocycles. The Morgan fingerprint density at radius 1 is 1.06 bits per heavy atom. The summed E-state index contributed by atoms with van der Waals surface area (Å²) in [6.45, 7) is 4.22. The summed E-state index contributed by atoms with van der Waals surface area (Å²) in [7, 11) is 0. The summed E-state index contributed by atoms with van der Waals surface area (Å²) in [6.07, 6.45) is 3.55. The average Bonchev–Trinajstić information content (AvgIpc) is 3.17. The van der Waals surface area contributed by atoms with Gasteiger partial charge in [0.2, 0.25) is 0 Å². The van der Waals surface area contributed by atoms with Gasteiger partial charge in [-0.2, -0.15) is 0 Å². The Labute approximate surface area is 203 Å². The van der Waals surface area contributed by atoms with Crippen molar-refractivity contribution in [1.82, 2.24) is 9.97 Å². The fraction of sp³-hybridized carbons (Fsp3) is 0.207. The Morgan fingerprint density at radius 3 is 2.54 bits per heavy atom. The van der Waals surface area contributed by atoms with Gasteiger partial charge in [-0.05, 0) is 59.4 Å². The SMILES string of the molecule is CC1(C)CC(=O)c2c([nH]c(-c3ccnc(NC(=O)c4ccc(F)cc4)c3)c2Cc2ccccc2)C1. The molecule has 0 saturated heterocycles. The number of halogens is 1. The first-order valence-electron chi connectivity index (χ1n) is 11.6. The number of hydrogen-bond acceptors (Lipinski definition) is 3. The number of rotatable bonds is 5. The Kier molecular flexibility index (Phi) is 5.81. The van der Waals surface area contributed by atoms with Crippen molar-refractivity contribution in [2.75, 3.05) is 5.32 Å².